The van der Waals surface area contributed by atoms with Gasteiger partial charge in [0, 0.05) is 10.4 Å². The molecule has 4 heteroatoms. The van der Waals surface area contributed by atoms with Crippen molar-refractivity contribution < 1.29 is 9.53 Å². The smallest absolute Gasteiger partial charge is 0.327 e. The SMILES string of the molecule is O=C1O[C@@H]2C=C[C@@]1(I)[C@H](c1ccc(Br)cc1)C2. The molecule has 2 aliphatic heterocycles. The van der Waals surface area contributed by atoms with Gasteiger partial charge < -0.3 is 4.74 Å². The maximum absolute atomic E-state index is 11.9. The van der Waals surface area contributed by atoms with Crippen LogP contribution in [0.3, 0.4) is 0 Å². The van der Waals surface area contributed by atoms with Crippen LogP contribution < -0.4 is 0 Å². The minimum Gasteiger partial charge on any atom is -0.457 e. The van der Waals surface area contributed by atoms with E-state index in [9.17, 15) is 4.79 Å². The minimum absolute atomic E-state index is 0.0483. The van der Waals surface area contributed by atoms with Gasteiger partial charge in [-0.2, -0.15) is 0 Å². The molecule has 0 N–H and O–H groups in total. The molecule has 1 aliphatic carbocycles. The van der Waals surface area contributed by atoms with Gasteiger partial charge in [-0.1, -0.05) is 56.7 Å². The molecular weight excluding hydrogens is 395 g/mol. The van der Waals surface area contributed by atoms with Crippen LogP contribution in [-0.2, 0) is 9.53 Å². The topological polar surface area (TPSA) is 26.3 Å². The van der Waals surface area contributed by atoms with Gasteiger partial charge >= 0.3 is 5.97 Å². The molecule has 0 unspecified atom stereocenters. The average Bonchev–Trinajstić information content (AvgIpc) is 2.32. The van der Waals surface area contributed by atoms with Gasteiger partial charge in [-0.25, -0.2) is 0 Å². The van der Waals surface area contributed by atoms with E-state index in [4.69, 9.17) is 4.74 Å². The third kappa shape index (κ3) is 1.85. The molecule has 0 amide bonds. The molecule has 1 fully saturated rings. The number of rotatable bonds is 1. The maximum atomic E-state index is 11.9. The predicted molar refractivity (Wildman–Crippen MR) is 77.3 cm³/mol. The van der Waals surface area contributed by atoms with E-state index in [0.29, 0.717) is 0 Å². The normalized spacial score (nSPS) is 34.8. The second kappa shape index (κ2) is 4.09. The molecule has 2 nitrogen and oxygen atoms in total. The fourth-order valence-electron chi connectivity index (χ4n) is 2.45. The van der Waals surface area contributed by atoms with Gasteiger partial charge in [0.05, 0.1) is 0 Å². The molecule has 0 saturated carbocycles. The van der Waals surface area contributed by atoms with Crippen molar-refractivity contribution in [2.24, 2.45) is 0 Å². The van der Waals surface area contributed by atoms with E-state index in [-0.39, 0.29) is 18.0 Å². The quantitative estimate of drug-likeness (QED) is 0.309. The lowest BCUT2D eigenvalue weighted by Gasteiger charge is -2.42. The molecule has 1 saturated heterocycles. The van der Waals surface area contributed by atoms with Gasteiger partial charge in [0.2, 0.25) is 0 Å². The summed E-state index contributed by atoms with van der Waals surface area (Å²) in [6.07, 6.45) is 4.84. The van der Waals surface area contributed by atoms with Crippen molar-refractivity contribution in [3.8, 4) is 0 Å². The third-order valence-electron chi connectivity index (χ3n) is 3.37. The Balaban J connectivity index is 2.02. The Labute approximate surface area is 122 Å². The molecule has 88 valence electrons. The number of fused-ring (bicyclic) bond motifs is 2. The highest BCUT2D eigenvalue weighted by Gasteiger charge is 2.51. The number of halogens is 2. The summed E-state index contributed by atoms with van der Waals surface area (Å²) in [7, 11) is 0. The summed E-state index contributed by atoms with van der Waals surface area (Å²) in [5.74, 6) is 0.109. The van der Waals surface area contributed by atoms with E-state index < -0.39 is 3.42 Å². The van der Waals surface area contributed by atoms with E-state index in [2.05, 4.69) is 50.7 Å². The molecule has 1 aromatic carbocycles. The van der Waals surface area contributed by atoms with Crippen LogP contribution >= 0.6 is 38.5 Å². The zero-order chi connectivity index (χ0) is 12.0. The van der Waals surface area contributed by atoms with Crippen molar-refractivity contribution in [3.05, 3.63) is 46.5 Å². The Kier molecular flexibility index (Phi) is 2.82. The fraction of sp³-hybridized carbons (Fsp3) is 0.308. The largest absolute Gasteiger partial charge is 0.457 e. The highest BCUT2D eigenvalue weighted by atomic mass is 127. The van der Waals surface area contributed by atoms with E-state index in [1.54, 1.807) is 0 Å². The molecule has 2 heterocycles. The summed E-state index contributed by atoms with van der Waals surface area (Å²) in [5.41, 5.74) is 1.20. The molecule has 2 bridgehead atoms. The van der Waals surface area contributed by atoms with Crippen molar-refractivity contribution in [2.45, 2.75) is 21.9 Å². The maximum Gasteiger partial charge on any atom is 0.327 e. The van der Waals surface area contributed by atoms with Gasteiger partial charge in [-0.3, -0.25) is 4.79 Å². The number of ether oxygens (including phenoxy) is 1. The van der Waals surface area contributed by atoms with Gasteiger partial charge in [-0.05, 0) is 30.2 Å². The van der Waals surface area contributed by atoms with E-state index in [1.807, 2.05) is 24.3 Å². The number of esters is 1. The van der Waals surface area contributed by atoms with Crippen molar-refractivity contribution in [3.63, 3.8) is 0 Å². The van der Waals surface area contributed by atoms with Gasteiger partial charge in [0.15, 0.2) is 0 Å². The molecular formula is C13H10BrIO2. The Bertz CT molecular complexity index is 497. The lowest BCUT2D eigenvalue weighted by atomic mass is 9.76. The highest BCUT2D eigenvalue weighted by Crippen LogP contribution is 2.49. The van der Waals surface area contributed by atoms with Gasteiger partial charge in [-0.15, -0.1) is 0 Å². The minimum atomic E-state index is -0.527. The molecule has 0 spiro atoms. The van der Waals surface area contributed by atoms with E-state index in [1.165, 1.54) is 5.56 Å². The Hall–Kier alpha value is -0.360. The molecule has 0 radical (unpaired) electrons. The number of carbonyl (C=O) groups excluding carboxylic acids is 1. The first-order valence-electron chi connectivity index (χ1n) is 5.44. The summed E-state index contributed by atoms with van der Waals surface area (Å²) >= 11 is 5.65. The first-order valence-corrected chi connectivity index (χ1v) is 7.31. The lowest BCUT2D eigenvalue weighted by Crippen LogP contribution is -2.49. The average molecular weight is 405 g/mol. The Morgan fingerprint density at radius 3 is 2.71 bits per heavy atom. The van der Waals surface area contributed by atoms with Crippen LogP contribution in [0.2, 0.25) is 0 Å². The van der Waals surface area contributed by atoms with Crippen LogP contribution in [0, 0.1) is 0 Å². The number of carbonyl (C=O) groups is 1. The molecule has 3 atom stereocenters. The third-order valence-corrected chi connectivity index (χ3v) is 5.45. The monoisotopic (exact) mass is 404 g/mol. The van der Waals surface area contributed by atoms with Gasteiger partial charge in [0.25, 0.3) is 0 Å². The van der Waals surface area contributed by atoms with Crippen molar-refractivity contribution in [1.29, 1.82) is 0 Å². The first kappa shape index (κ1) is 11.7. The predicted octanol–water partition coefficient (Wildman–Crippen LogP) is 3.59. The Morgan fingerprint density at radius 2 is 2.06 bits per heavy atom. The van der Waals surface area contributed by atoms with Crippen LogP contribution in [0.4, 0.5) is 0 Å². The second-order valence-electron chi connectivity index (χ2n) is 4.41. The van der Waals surface area contributed by atoms with Crippen LogP contribution in [0.25, 0.3) is 0 Å². The molecule has 17 heavy (non-hydrogen) atoms. The van der Waals surface area contributed by atoms with Crippen LogP contribution in [0.5, 0.6) is 0 Å². The van der Waals surface area contributed by atoms with Crippen LogP contribution in [0.1, 0.15) is 17.9 Å². The molecule has 3 aliphatic rings. The summed E-state index contributed by atoms with van der Waals surface area (Å²) in [4.78, 5) is 11.9. The van der Waals surface area contributed by atoms with Crippen molar-refractivity contribution in [2.75, 3.05) is 0 Å². The van der Waals surface area contributed by atoms with Gasteiger partial charge in [0.1, 0.15) is 9.53 Å². The van der Waals surface area contributed by atoms with E-state index >= 15 is 0 Å². The Morgan fingerprint density at radius 1 is 1.35 bits per heavy atom. The second-order valence-corrected chi connectivity index (χ2v) is 7.11. The number of hydrogen-bond acceptors (Lipinski definition) is 2. The number of benzene rings is 1. The van der Waals surface area contributed by atoms with Crippen LogP contribution in [-0.4, -0.2) is 15.5 Å². The van der Waals surface area contributed by atoms with Crippen molar-refractivity contribution in [1.82, 2.24) is 0 Å². The first-order chi connectivity index (χ1) is 8.09. The zero-order valence-corrected chi connectivity index (χ0v) is 12.6. The summed E-state index contributed by atoms with van der Waals surface area (Å²) < 4.78 is 5.85. The summed E-state index contributed by atoms with van der Waals surface area (Å²) in [5, 5.41) is 0. The van der Waals surface area contributed by atoms with Crippen LogP contribution in [0.15, 0.2) is 40.9 Å². The molecule has 1 aromatic rings. The summed E-state index contributed by atoms with van der Waals surface area (Å²) in [6, 6.07) is 8.20. The standard InChI is InChI=1S/C13H10BrIO2/c14-9-3-1-8(2-4-9)11-7-10-5-6-13(11,15)12(16)17-10/h1-6,10-11H,7H2/t10-,11+,13-/m1/s1. The molecule has 0 aromatic heterocycles. The fourth-order valence-corrected chi connectivity index (χ4v) is 3.66. The highest BCUT2D eigenvalue weighted by molar-refractivity contribution is 14.1. The van der Waals surface area contributed by atoms with Crippen molar-refractivity contribution >= 4 is 44.5 Å². The number of alkyl halides is 1. The zero-order valence-electron chi connectivity index (χ0n) is 8.90. The lowest BCUT2D eigenvalue weighted by molar-refractivity contribution is -0.154. The molecule has 4 rings (SSSR count). The summed E-state index contributed by atoms with van der Waals surface area (Å²) in [6.45, 7) is 0. The number of hydrogen-bond donors (Lipinski definition) is 0. The van der Waals surface area contributed by atoms with E-state index in [0.717, 1.165) is 10.9 Å².